The summed E-state index contributed by atoms with van der Waals surface area (Å²) in [7, 11) is 1.02. The van der Waals surface area contributed by atoms with Gasteiger partial charge < -0.3 is 4.74 Å². The predicted octanol–water partition coefficient (Wildman–Crippen LogP) is 1.94. The van der Waals surface area contributed by atoms with Crippen LogP contribution in [0, 0.1) is 5.82 Å². The van der Waals surface area contributed by atoms with Crippen LogP contribution >= 0.6 is 0 Å². The molecule has 0 spiro atoms. The quantitative estimate of drug-likeness (QED) is 0.692. The van der Waals surface area contributed by atoms with Gasteiger partial charge in [0.1, 0.15) is 11.4 Å². The zero-order valence-electron chi connectivity index (χ0n) is 7.13. The molecule has 0 atom stereocenters. The van der Waals surface area contributed by atoms with E-state index in [2.05, 4.69) is 9.72 Å². The fraction of sp³-hybridized carbons (Fsp3) is 0.250. The summed E-state index contributed by atoms with van der Waals surface area (Å²) < 4.78 is 41.6. The number of rotatable bonds is 2. The van der Waals surface area contributed by atoms with Gasteiger partial charge in [-0.3, -0.25) is 4.98 Å². The molecule has 1 rings (SSSR count). The molecule has 0 N–H and O–H groups in total. The van der Waals surface area contributed by atoms with Crippen molar-refractivity contribution in [3.05, 3.63) is 29.3 Å². The van der Waals surface area contributed by atoms with E-state index in [-0.39, 0.29) is 0 Å². The number of alkyl halides is 2. The number of carbonyl (C=O) groups is 1. The van der Waals surface area contributed by atoms with Crippen LogP contribution in [0.25, 0.3) is 0 Å². The number of aromatic nitrogens is 1. The second-order valence-electron chi connectivity index (χ2n) is 2.38. The van der Waals surface area contributed by atoms with Crippen LogP contribution in [0.5, 0.6) is 0 Å². The maximum absolute atomic E-state index is 13.1. The predicted molar refractivity (Wildman–Crippen MR) is 40.5 cm³/mol. The lowest BCUT2D eigenvalue weighted by Crippen LogP contribution is -2.07. The highest BCUT2D eigenvalue weighted by Crippen LogP contribution is 2.23. The van der Waals surface area contributed by atoms with Crippen LogP contribution in [-0.4, -0.2) is 18.1 Å². The van der Waals surface area contributed by atoms with Crippen LogP contribution in [0.4, 0.5) is 13.2 Å². The van der Waals surface area contributed by atoms with Crippen molar-refractivity contribution in [2.45, 2.75) is 6.43 Å². The zero-order chi connectivity index (χ0) is 10.7. The highest BCUT2D eigenvalue weighted by molar-refractivity contribution is 5.89. The summed E-state index contributed by atoms with van der Waals surface area (Å²) in [4.78, 5) is 14.2. The van der Waals surface area contributed by atoms with Gasteiger partial charge >= 0.3 is 5.97 Å². The molecule has 14 heavy (non-hydrogen) atoms. The van der Waals surface area contributed by atoms with Crippen molar-refractivity contribution in [2.75, 3.05) is 7.11 Å². The Morgan fingerprint density at radius 3 is 2.64 bits per heavy atom. The summed E-state index contributed by atoms with van der Waals surface area (Å²) in [5, 5.41) is 0. The minimum absolute atomic E-state index is 0.592. The second kappa shape index (κ2) is 4.08. The van der Waals surface area contributed by atoms with E-state index in [1.807, 2.05) is 0 Å². The Kier molecular flexibility index (Phi) is 3.06. The number of esters is 1. The van der Waals surface area contributed by atoms with Crippen molar-refractivity contribution in [1.82, 2.24) is 4.98 Å². The number of pyridine rings is 1. The molecule has 0 aliphatic heterocycles. The first-order chi connectivity index (χ1) is 6.57. The summed E-state index contributed by atoms with van der Waals surface area (Å²) >= 11 is 0. The van der Waals surface area contributed by atoms with Gasteiger partial charge in [0.25, 0.3) is 6.43 Å². The third-order valence-electron chi connectivity index (χ3n) is 1.55. The lowest BCUT2D eigenvalue weighted by Gasteiger charge is -2.04. The van der Waals surface area contributed by atoms with Gasteiger partial charge in [-0.05, 0) is 0 Å². The van der Waals surface area contributed by atoms with E-state index in [1.165, 1.54) is 0 Å². The molecule has 0 amide bonds. The molecule has 0 aromatic carbocycles. The summed E-state index contributed by atoms with van der Waals surface area (Å²) in [6, 6.07) is 0. The van der Waals surface area contributed by atoms with Crippen LogP contribution in [-0.2, 0) is 4.74 Å². The number of methoxy groups -OCH3 is 1. The van der Waals surface area contributed by atoms with E-state index in [0.717, 1.165) is 13.3 Å². The third kappa shape index (κ3) is 1.84. The summed E-state index contributed by atoms with van der Waals surface area (Å²) in [5.74, 6) is -2.32. The molecular weight excluding hydrogens is 199 g/mol. The van der Waals surface area contributed by atoms with Gasteiger partial charge in [-0.2, -0.15) is 0 Å². The first kappa shape index (κ1) is 10.5. The molecule has 3 nitrogen and oxygen atoms in total. The van der Waals surface area contributed by atoms with Crippen LogP contribution < -0.4 is 0 Å². The van der Waals surface area contributed by atoms with E-state index < -0.39 is 29.3 Å². The molecular formula is C8H6F3NO2. The van der Waals surface area contributed by atoms with E-state index in [4.69, 9.17) is 0 Å². The number of ether oxygens (including phenoxy) is 1. The first-order valence-corrected chi connectivity index (χ1v) is 3.57. The first-order valence-electron chi connectivity index (χ1n) is 3.57. The van der Waals surface area contributed by atoms with Crippen molar-refractivity contribution < 1.29 is 22.7 Å². The van der Waals surface area contributed by atoms with Crippen LogP contribution in [0.3, 0.4) is 0 Å². The Bertz CT molecular complexity index is 354. The van der Waals surface area contributed by atoms with Crippen LogP contribution in [0.15, 0.2) is 12.4 Å². The standard InChI is InChI=1S/C8H6F3NO2/c1-14-8(13)5-3-12-2-4(6(5)9)7(10)11/h2-3,7H,1H3. The van der Waals surface area contributed by atoms with Crippen molar-refractivity contribution in [1.29, 1.82) is 0 Å². The molecule has 1 heterocycles. The molecule has 1 aromatic heterocycles. The van der Waals surface area contributed by atoms with Gasteiger partial charge in [0, 0.05) is 12.4 Å². The Balaban J connectivity index is 3.20. The van der Waals surface area contributed by atoms with Gasteiger partial charge in [-0.1, -0.05) is 0 Å². The average Bonchev–Trinajstić information content (AvgIpc) is 2.16. The minimum Gasteiger partial charge on any atom is -0.465 e. The number of carbonyl (C=O) groups excluding carboxylic acids is 1. The van der Waals surface area contributed by atoms with Gasteiger partial charge in [-0.25, -0.2) is 18.0 Å². The number of nitrogens with zero attached hydrogens (tertiary/aromatic N) is 1. The van der Waals surface area contributed by atoms with E-state index in [9.17, 15) is 18.0 Å². The second-order valence-corrected chi connectivity index (χ2v) is 2.38. The van der Waals surface area contributed by atoms with Crippen LogP contribution in [0.1, 0.15) is 22.3 Å². The molecule has 1 aromatic rings. The topological polar surface area (TPSA) is 39.2 Å². The molecule has 0 aliphatic rings. The number of hydrogen-bond acceptors (Lipinski definition) is 3. The highest BCUT2D eigenvalue weighted by atomic mass is 19.3. The summed E-state index contributed by atoms with van der Waals surface area (Å²) in [5.41, 5.74) is -1.50. The number of hydrogen-bond donors (Lipinski definition) is 0. The number of halogens is 3. The Labute approximate surface area is 77.5 Å². The SMILES string of the molecule is COC(=O)c1cncc(C(F)F)c1F. The van der Waals surface area contributed by atoms with Gasteiger partial charge in [0.15, 0.2) is 0 Å². The normalized spacial score (nSPS) is 10.4. The molecule has 0 unspecified atom stereocenters. The molecule has 0 saturated heterocycles. The highest BCUT2D eigenvalue weighted by Gasteiger charge is 2.21. The van der Waals surface area contributed by atoms with Crippen molar-refractivity contribution in [3.8, 4) is 0 Å². The van der Waals surface area contributed by atoms with Gasteiger partial charge in [0.05, 0.1) is 12.7 Å². The molecule has 0 aliphatic carbocycles. The van der Waals surface area contributed by atoms with Gasteiger partial charge in [0.2, 0.25) is 0 Å². The van der Waals surface area contributed by atoms with Crippen molar-refractivity contribution in [3.63, 3.8) is 0 Å². The molecule has 0 bridgehead atoms. The molecule has 6 heteroatoms. The Morgan fingerprint density at radius 1 is 1.50 bits per heavy atom. The zero-order valence-corrected chi connectivity index (χ0v) is 7.13. The lowest BCUT2D eigenvalue weighted by atomic mass is 10.2. The van der Waals surface area contributed by atoms with Gasteiger partial charge in [-0.15, -0.1) is 0 Å². The van der Waals surface area contributed by atoms with E-state index >= 15 is 0 Å². The maximum atomic E-state index is 13.1. The average molecular weight is 205 g/mol. The van der Waals surface area contributed by atoms with Crippen LogP contribution in [0.2, 0.25) is 0 Å². The lowest BCUT2D eigenvalue weighted by molar-refractivity contribution is 0.0593. The van der Waals surface area contributed by atoms with Crippen molar-refractivity contribution in [2.24, 2.45) is 0 Å². The monoisotopic (exact) mass is 205 g/mol. The summed E-state index contributed by atoms with van der Waals surface area (Å²) in [6.07, 6.45) is -1.49. The minimum atomic E-state index is -3.01. The molecule has 0 saturated carbocycles. The fourth-order valence-corrected chi connectivity index (χ4v) is 0.865. The van der Waals surface area contributed by atoms with Crippen molar-refractivity contribution >= 4 is 5.97 Å². The third-order valence-corrected chi connectivity index (χ3v) is 1.55. The van der Waals surface area contributed by atoms with E-state index in [1.54, 1.807) is 0 Å². The molecule has 0 fully saturated rings. The Morgan fingerprint density at radius 2 is 2.14 bits per heavy atom. The molecule has 0 radical (unpaired) electrons. The van der Waals surface area contributed by atoms with E-state index in [0.29, 0.717) is 6.20 Å². The Hall–Kier alpha value is -1.59. The smallest absolute Gasteiger partial charge is 0.342 e. The summed E-state index contributed by atoms with van der Waals surface area (Å²) in [6.45, 7) is 0. The maximum Gasteiger partial charge on any atom is 0.342 e. The molecule has 76 valence electrons. The fourth-order valence-electron chi connectivity index (χ4n) is 0.865. The largest absolute Gasteiger partial charge is 0.465 e.